The largest absolute Gasteiger partial charge is 0.316 e. The van der Waals surface area contributed by atoms with Gasteiger partial charge in [0.05, 0.1) is 0 Å². The Hall–Kier alpha value is -0.900. The van der Waals surface area contributed by atoms with Crippen molar-refractivity contribution in [1.29, 1.82) is 0 Å². The molecule has 4 heteroatoms. The Kier molecular flexibility index (Phi) is 3.93. The first-order chi connectivity index (χ1) is 7.77. The van der Waals surface area contributed by atoms with Crippen LogP contribution in [0.5, 0.6) is 0 Å². The maximum Gasteiger partial charge on any atom is 0.133 e. The van der Waals surface area contributed by atoms with E-state index in [2.05, 4.69) is 33.9 Å². The standard InChI is InChI=1S/C12H22N4/c1-10(2)16-9-14-15-12(16)6-5-11-4-3-7-13-8-11/h9-11,13H,3-8H2,1-2H3. The minimum atomic E-state index is 0.467. The van der Waals surface area contributed by atoms with E-state index in [0.717, 1.165) is 18.2 Å². The number of hydrogen-bond donors (Lipinski definition) is 1. The Balaban J connectivity index is 1.86. The Bertz CT molecular complexity index is 313. The number of piperidine rings is 1. The molecule has 1 fully saturated rings. The summed E-state index contributed by atoms with van der Waals surface area (Å²) in [4.78, 5) is 0. The quantitative estimate of drug-likeness (QED) is 0.844. The smallest absolute Gasteiger partial charge is 0.133 e. The molecule has 2 heterocycles. The molecule has 0 bridgehead atoms. The summed E-state index contributed by atoms with van der Waals surface area (Å²) >= 11 is 0. The number of aryl methyl sites for hydroxylation is 1. The number of aromatic nitrogens is 3. The Labute approximate surface area is 97.5 Å². The highest BCUT2D eigenvalue weighted by Crippen LogP contribution is 2.17. The van der Waals surface area contributed by atoms with Gasteiger partial charge in [0.2, 0.25) is 0 Å². The summed E-state index contributed by atoms with van der Waals surface area (Å²) in [6, 6.07) is 0.467. The Morgan fingerprint density at radius 3 is 3.12 bits per heavy atom. The van der Waals surface area contributed by atoms with Crippen molar-refractivity contribution in [3.8, 4) is 0 Å². The molecule has 1 N–H and O–H groups in total. The van der Waals surface area contributed by atoms with Crippen molar-refractivity contribution >= 4 is 0 Å². The van der Waals surface area contributed by atoms with Gasteiger partial charge in [-0.3, -0.25) is 0 Å². The fourth-order valence-corrected chi connectivity index (χ4v) is 2.38. The summed E-state index contributed by atoms with van der Waals surface area (Å²) in [5.74, 6) is 1.96. The second kappa shape index (κ2) is 5.43. The maximum atomic E-state index is 4.21. The SMILES string of the molecule is CC(C)n1cnnc1CCC1CCCNC1. The Morgan fingerprint density at radius 2 is 2.44 bits per heavy atom. The van der Waals surface area contributed by atoms with Crippen molar-refractivity contribution in [2.45, 2.75) is 45.6 Å². The van der Waals surface area contributed by atoms with E-state index >= 15 is 0 Å². The molecule has 1 aliphatic heterocycles. The first-order valence-electron chi connectivity index (χ1n) is 6.36. The van der Waals surface area contributed by atoms with Gasteiger partial charge in [0.1, 0.15) is 12.2 Å². The van der Waals surface area contributed by atoms with Gasteiger partial charge in [-0.1, -0.05) is 0 Å². The van der Waals surface area contributed by atoms with Gasteiger partial charge in [0, 0.05) is 12.5 Å². The van der Waals surface area contributed by atoms with E-state index in [-0.39, 0.29) is 0 Å². The number of nitrogens with zero attached hydrogens (tertiary/aromatic N) is 3. The van der Waals surface area contributed by atoms with Gasteiger partial charge in [0.25, 0.3) is 0 Å². The zero-order valence-electron chi connectivity index (χ0n) is 10.3. The number of rotatable bonds is 4. The van der Waals surface area contributed by atoms with Crippen molar-refractivity contribution in [2.24, 2.45) is 5.92 Å². The van der Waals surface area contributed by atoms with Crippen LogP contribution in [0.25, 0.3) is 0 Å². The molecule has 1 saturated heterocycles. The van der Waals surface area contributed by atoms with E-state index in [4.69, 9.17) is 0 Å². The maximum absolute atomic E-state index is 4.21. The summed E-state index contributed by atoms with van der Waals surface area (Å²) in [5, 5.41) is 11.7. The van der Waals surface area contributed by atoms with Crippen LogP contribution in [0.1, 0.15) is 45.0 Å². The minimum Gasteiger partial charge on any atom is -0.316 e. The first kappa shape index (κ1) is 11.6. The molecule has 1 atom stereocenters. The zero-order valence-corrected chi connectivity index (χ0v) is 10.3. The van der Waals surface area contributed by atoms with E-state index in [0.29, 0.717) is 6.04 Å². The molecule has 16 heavy (non-hydrogen) atoms. The first-order valence-corrected chi connectivity index (χ1v) is 6.36. The predicted molar refractivity (Wildman–Crippen MR) is 64.3 cm³/mol. The predicted octanol–water partition coefficient (Wildman–Crippen LogP) is 1.79. The fourth-order valence-electron chi connectivity index (χ4n) is 2.38. The van der Waals surface area contributed by atoms with Crippen LogP contribution in [-0.2, 0) is 6.42 Å². The van der Waals surface area contributed by atoms with Crippen LogP contribution in [0.2, 0.25) is 0 Å². The van der Waals surface area contributed by atoms with E-state index in [1.54, 1.807) is 0 Å². The second-order valence-electron chi connectivity index (χ2n) is 5.00. The molecule has 90 valence electrons. The minimum absolute atomic E-state index is 0.467. The topological polar surface area (TPSA) is 42.7 Å². The molecule has 0 amide bonds. The van der Waals surface area contributed by atoms with Crippen LogP contribution in [-0.4, -0.2) is 27.9 Å². The van der Waals surface area contributed by atoms with E-state index in [1.807, 2.05) is 6.33 Å². The van der Waals surface area contributed by atoms with Crippen LogP contribution < -0.4 is 5.32 Å². The zero-order chi connectivity index (χ0) is 11.4. The molecule has 0 aromatic carbocycles. The second-order valence-corrected chi connectivity index (χ2v) is 5.00. The van der Waals surface area contributed by atoms with E-state index < -0.39 is 0 Å². The highest BCUT2D eigenvalue weighted by atomic mass is 15.3. The molecule has 0 radical (unpaired) electrons. The third kappa shape index (κ3) is 2.82. The van der Waals surface area contributed by atoms with Crippen molar-refractivity contribution < 1.29 is 0 Å². The van der Waals surface area contributed by atoms with Crippen molar-refractivity contribution in [1.82, 2.24) is 20.1 Å². The molecule has 0 spiro atoms. The summed E-state index contributed by atoms with van der Waals surface area (Å²) in [7, 11) is 0. The van der Waals surface area contributed by atoms with Crippen LogP contribution in [0.15, 0.2) is 6.33 Å². The van der Waals surface area contributed by atoms with Gasteiger partial charge >= 0.3 is 0 Å². The van der Waals surface area contributed by atoms with Crippen LogP contribution in [0.3, 0.4) is 0 Å². The van der Waals surface area contributed by atoms with E-state index in [9.17, 15) is 0 Å². The lowest BCUT2D eigenvalue weighted by atomic mass is 9.94. The average Bonchev–Trinajstić information content (AvgIpc) is 2.76. The molecule has 1 unspecified atom stereocenters. The summed E-state index contributed by atoms with van der Waals surface area (Å²) in [6.45, 7) is 6.72. The van der Waals surface area contributed by atoms with E-state index in [1.165, 1.54) is 32.4 Å². The van der Waals surface area contributed by atoms with Gasteiger partial charge in [-0.15, -0.1) is 10.2 Å². The van der Waals surface area contributed by atoms with Crippen LogP contribution in [0.4, 0.5) is 0 Å². The lowest BCUT2D eigenvalue weighted by molar-refractivity contribution is 0.353. The van der Waals surface area contributed by atoms with Gasteiger partial charge in [-0.05, 0) is 52.1 Å². The third-order valence-electron chi connectivity index (χ3n) is 3.38. The third-order valence-corrected chi connectivity index (χ3v) is 3.38. The Morgan fingerprint density at radius 1 is 1.56 bits per heavy atom. The van der Waals surface area contributed by atoms with Crippen molar-refractivity contribution in [2.75, 3.05) is 13.1 Å². The molecule has 1 aromatic heterocycles. The summed E-state index contributed by atoms with van der Waals surface area (Å²) in [5.41, 5.74) is 0. The van der Waals surface area contributed by atoms with Gasteiger partial charge in [0.15, 0.2) is 0 Å². The van der Waals surface area contributed by atoms with Crippen LogP contribution >= 0.6 is 0 Å². The highest BCUT2D eigenvalue weighted by molar-refractivity contribution is 4.89. The lowest BCUT2D eigenvalue weighted by Crippen LogP contribution is -2.30. The average molecular weight is 222 g/mol. The molecule has 4 nitrogen and oxygen atoms in total. The molecule has 2 rings (SSSR count). The molecular weight excluding hydrogens is 200 g/mol. The number of hydrogen-bond acceptors (Lipinski definition) is 3. The summed E-state index contributed by atoms with van der Waals surface area (Å²) in [6.07, 6.45) is 6.83. The normalized spacial score (nSPS) is 21.6. The number of nitrogens with one attached hydrogen (secondary N) is 1. The molecular formula is C12H22N4. The van der Waals surface area contributed by atoms with Crippen LogP contribution in [0, 0.1) is 5.92 Å². The summed E-state index contributed by atoms with van der Waals surface area (Å²) < 4.78 is 2.18. The van der Waals surface area contributed by atoms with Crippen molar-refractivity contribution in [3.63, 3.8) is 0 Å². The lowest BCUT2D eigenvalue weighted by Gasteiger charge is -2.22. The molecule has 0 saturated carbocycles. The monoisotopic (exact) mass is 222 g/mol. The van der Waals surface area contributed by atoms with Gasteiger partial charge < -0.3 is 9.88 Å². The van der Waals surface area contributed by atoms with Gasteiger partial charge in [-0.25, -0.2) is 0 Å². The molecule has 1 aromatic rings. The fraction of sp³-hybridized carbons (Fsp3) is 0.833. The molecule has 1 aliphatic rings. The highest BCUT2D eigenvalue weighted by Gasteiger charge is 2.15. The van der Waals surface area contributed by atoms with Gasteiger partial charge in [-0.2, -0.15) is 0 Å². The van der Waals surface area contributed by atoms with Crippen molar-refractivity contribution in [3.05, 3.63) is 12.2 Å². The molecule has 0 aliphatic carbocycles.